The number of hydrogen-bond acceptors (Lipinski definition) is 5. The van der Waals surface area contributed by atoms with Crippen LogP contribution in [0.4, 0.5) is 6.01 Å². The Hall–Kier alpha value is -3.38. The van der Waals surface area contributed by atoms with Crippen LogP contribution in [0.1, 0.15) is 41.4 Å². The fourth-order valence-electron chi connectivity index (χ4n) is 4.85. The number of aryl methyl sites for hydroxylation is 2. The standard InChI is InChI=1S/C28H29ClN4O2/c1-17-6-10-22(20-8-7-19(3)30-15-20)23(13-17)27(34)33-12-4-5-18(2)25(33)16-31-28-32-24-14-21(29)9-11-26(24)35-28/h6-11,13-15,18,25H,4-5,12,16H2,1-3H3,(H,31,32). The number of nitrogens with zero attached hydrogens (tertiary/aromatic N) is 3. The third-order valence-electron chi connectivity index (χ3n) is 6.82. The Kier molecular flexibility index (Phi) is 6.48. The smallest absolute Gasteiger partial charge is 0.295 e. The summed E-state index contributed by atoms with van der Waals surface area (Å²) in [5, 5.41) is 3.95. The maximum atomic E-state index is 14.0. The monoisotopic (exact) mass is 488 g/mol. The minimum atomic E-state index is 0.0133. The third kappa shape index (κ3) is 4.89. The summed E-state index contributed by atoms with van der Waals surface area (Å²) < 4.78 is 5.84. The normalized spacial score (nSPS) is 18.1. The van der Waals surface area contributed by atoms with Crippen LogP contribution in [0.25, 0.3) is 22.2 Å². The van der Waals surface area contributed by atoms with Crippen LogP contribution in [-0.2, 0) is 0 Å². The van der Waals surface area contributed by atoms with Gasteiger partial charge in [-0.1, -0.05) is 42.3 Å². The van der Waals surface area contributed by atoms with E-state index in [1.807, 2.05) is 61.3 Å². The maximum absolute atomic E-state index is 14.0. The van der Waals surface area contributed by atoms with Crippen LogP contribution in [0.3, 0.4) is 0 Å². The van der Waals surface area contributed by atoms with Crippen LogP contribution < -0.4 is 5.32 Å². The molecule has 1 fully saturated rings. The van der Waals surface area contributed by atoms with Crippen molar-refractivity contribution < 1.29 is 9.21 Å². The van der Waals surface area contributed by atoms with E-state index >= 15 is 0 Å². The predicted molar refractivity (Wildman–Crippen MR) is 140 cm³/mol. The zero-order chi connectivity index (χ0) is 24.5. The van der Waals surface area contributed by atoms with Crippen molar-refractivity contribution in [2.75, 3.05) is 18.4 Å². The second kappa shape index (κ2) is 9.70. The van der Waals surface area contributed by atoms with Crippen molar-refractivity contribution in [3.8, 4) is 11.1 Å². The quantitative estimate of drug-likeness (QED) is 0.346. The fraction of sp³-hybridized carbons (Fsp3) is 0.321. The first kappa shape index (κ1) is 23.4. The number of fused-ring (bicyclic) bond motifs is 1. The highest BCUT2D eigenvalue weighted by molar-refractivity contribution is 6.31. The first-order valence-electron chi connectivity index (χ1n) is 12.0. The third-order valence-corrected chi connectivity index (χ3v) is 7.05. The number of aromatic nitrogens is 2. The number of likely N-dealkylation sites (tertiary alicyclic amines) is 1. The van der Waals surface area contributed by atoms with Crippen LogP contribution >= 0.6 is 11.6 Å². The van der Waals surface area contributed by atoms with Crippen molar-refractivity contribution in [1.29, 1.82) is 0 Å². The molecule has 0 bridgehead atoms. The van der Waals surface area contributed by atoms with Gasteiger partial charge in [0.2, 0.25) is 0 Å². The van der Waals surface area contributed by atoms with Crippen molar-refractivity contribution in [3.63, 3.8) is 0 Å². The molecule has 6 nitrogen and oxygen atoms in total. The van der Waals surface area contributed by atoms with Gasteiger partial charge >= 0.3 is 0 Å². The zero-order valence-electron chi connectivity index (χ0n) is 20.2. The largest absolute Gasteiger partial charge is 0.424 e. The van der Waals surface area contributed by atoms with E-state index in [0.29, 0.717) is 40.2 Å². The summed E-state index contributed by atoms with van der Waals surface area (Å²) in [6.45, 7) is 7.46. The summed E-state index contributed by atoms with van der Waals surface area (Å²) in [6, 6.07) is 15.9. The highest BCUT2D eigenvalue weighted by atomic mass is 35.5. The second-order valence-corrected chi connectivity index (χ2v) is 9.87. The van der Waals surface area contributed by atoms with E-state index in [1.165, 1.54) is 0 Å². The van der Waals surface area contributed by atoms with Gasteiger partial charge in [-0.05, 0) is 68.5 Å². The molecule has 2 aromatic heterocycles. The maximum Gasteiger partial charge on any atom is 0.295 e. The van der Waals surface area contributed by atoms with Crippen molar-refractivity contribution >= 4 is 34.6 Å². The minimum absolute atomic E-state index is 0.0133. The Labute approximate surface area is 210 Å². The van der Waals surface area contributed by atoms with E-state index in [4.69, 9.17) is 16.0 Å². The van der Waals surface area contributed by atoms with Crippen molar-refractivity contribution in [3.05, 3.63) is 76.6 Å². The number of piperidine rings is 1. The van der Waals surface area contributed by atoms with Gasteiger partial charge in [0.05, 0.1) is 6.04 Å². The van der Waals surface area contributed by atoms with E-state index in [-0.39, 0.29) is 11.9 Å². The molecule has 1 aliphatic rings. The summed E-state index contributed by atoms with van der Waals surface area (Å²) in [6.07, 6.45) is 3.90. The number of carbonyl (C=O) groups excluding carboxylic acids is 1. The first-order valence-corrected chi connectivity index (χ1v) is 12.4. The summed E-state index contributed by atoms with van der Waals surface area (Å²) >= 11 is 6.08. The lowest BCUT2D eigenvalue weighted by atomic mass is 9.89. The van der Waals surface area contributed by atoms with Crippen LogP contribution in [0.2, 0.25) is 5.02 Å². The summed E-state index contributed by atoms with van der Waals surface area (Å²) in [7, 11) is 0. The molecule has 0 spiro atoms. The summed E-state index contributed by atoms with van der Waals surface area (Å²) in [5.41, 5.74) is 5.97. The molecule has 2 unspecified atom stereocenters. The molecule has 2 aromatic carbocycles. The number of anilines is 1. The second-order valence-electron chi connectivity index (χ2n) is 9.43. The molecule has 3 heterocycles. The lowest BCUT2D eigenvalue weighted by Crippen LogP contribution is -2.51. The number of benzene rings is 2. The molecule has 35 heavy (non-hydrogen) atoms. The Bertz CT molecular complexity index is 1370. The average Bonchev–Trinajstić information content (AvgIpc) is 3.25. The van der Waals surface area contributed by atoms with Crippen molar-refractivity contribution in [1.82, 2.24) is 14.9 Å². The molecule has 7 heteroatoms. The fourth-order valence-corrected chi connectivity index (χ4v) is 5.02. The van der Waals surface area contributed by atoms with Gasteiger partial charge in [-0.2, -0.15) is 4.98 Å². The first-order chi connectivity index (χ1) is 16.9. The Morgan fingerprint density at radius 1 is 1.17 bits per heavy atom. The molecule has 1 N–H and O–H groups in total. The van der Waals surface area contributed by atoms with E-state index in [0.717, 1.165) is 41.8 Å². The van der Waals surface area contributed by atoms with Gasteiger partial charge in [0.25, 0.3) is 11.9 Å². The minimum Gasteiger partial charge on any atom is -0.424 e. The number of amides is 1. The molecule has 1 amide bonds. The molecule has 1 saturated heterocycles. The van der Waals surface area contributed by atoms with Gasteiger partial charge < -0.3 is 14.6 Å². The molecule has 2 atom stereocenters. The Morgan fingerprint density at radius 3 is 2.83 bits per heavy atom. The molecule has 0 saturated carbocycles. The van der Waals surface area contributed by atoms with E-state index in [2.05, 4.69) is 22.2 Å². The summed E-state index contributed by atoms with van der Waals surface area (Å²) in [5.74, 6) is 0.389. The van der Waals surface area contributed by atoms with Gasteiger partial charge in [-0.25, -0.2) is 0 Å². The number of halogens is 1. The van der Waals surface area contributed by atoms with Gasteiger partial charge in [0, 0.05) is 41.1 Å². The van der Waals surface area contributed by atoms with Gasteiger partial charge in [-0.3, -0.25) is 9.78 Å². The molecule has 1 aliphatic heterocycles. The molecule has 0 radical (unpaired) electrons. The van der Waals surface area contributed by atoms with E-state index in [1.54, 1.807) is 12.1 Å². The zero-order valence-corrected chi connectivity index (χ0v) is 21.0. The van der Waals surface area contributed by atoms with Crippen molar-refractivity contribution in [2.24, 2.45) is 5.92 Å². The summed E-state index contributed by atoms with van der Waals surface area (Å²) in [4.78, 5) is 25.0. The van der Waals surface area contributed by atoms with E-state index < -0.39 is 0 Å². The molecular weight excluding hydrogens is 460 g/mol. The Balaban J connectivity index is 1.42. The van der Waals surface area contributed by atoms with Crippen LogP contribution in [0.5, 0.6) is 0 Å². The lowest BCUT2D eigenvalue weighted by molar-refractivity contribution is 0.0540. The number of oxazole rings is 1. The number of nitrogens with one attached hydrogen (secondary N) is 1. The topological polar surface area (TPSA) is 71.3 Å². The Morgan fingerprint density at radius 2 is 2.03 bits per heavy atom. The highest BCUT2D eigenvalue weighted by Gasteiger charge is 2.33. The molecule has 180 valence electrons. The van der Waals surface area contributed by atoms with Crippen LogP contribution in [0, 0.1) is 19.8 Å². The SMILES string of the molecule is Cc1ccc(-c2ccc(C)nc2)c(C(=O)N2CCCC(C)C2CNc2nc3cc(Cl)ccc3o2)c1. The number of carbonyl (C=O) groups is 1. The highest BCUT2D eigenvalue weighted by Crippen LogP contribution is 2.31. The number of pyridine rings is 1. The lowest BCUT2D eigenvalue weighted by Gasteiger charge is -2.40. The predicted octanol–water partition coefficient (Wildman–Crippen LogP) is 6.51. The molecular formula is C28H29ClN4O2. The molecule has 5 rings (SSSR count). The average molecular weight is 489 g/mol. The number of rotatable bonds is 5. The molecule has 4 aromatic rings. The van der Waals surface area contributed by atoms with Crippen molar-refractivity contribution in [2.45, 2.75) is 39.7 Å². The van der Waals surface area contributed by atoms with Gasteiger partial charge in [0.15, 0.2) is 5.58 Å². The molecule has 0 aliphatic carbocycles. The van der Waals surface area contributed by atoms with Gasteiger partial charge in [-0.15, -0.1) is 0 Å². The van der Waals surface area contributed by atoms with E-state index in [9.17, 15) is 4.79 Å². The van der Waals surface area contributed by atoms with Crippen LogP contribution in [-0.4, -0.2) is 39.9 Å². The van der Waals surface area contributed by atoms with Crippen LogP contribution in [0.15, 0.2) is 59.1 Å². The van der Waals surface area contributed by atoms with Gasteiger partial charge in [0.1, 0.15) is 5.52 Å². The number of hydrogen-bond donors (Lipinski definition) is 1.